The average molecular weight is 342 g/mol. The highest BCUT2D eigenvalue weighted by Crippen LogP contribution is 2.20. The molecule has 0 saturated carbocycles. The summed E-state index contributed by atoms with van der Waals surface area (Å²) in [4.78, 5) is 4.52. The Morgan fingerprint density at radius 3 is 2.88 bits per heavy atom. The van der Waals surface area contributed by atoms with Gasteiger partial charge in [0.05, 0.1) is 18.2 Å². The first-order chi connectivity index (χ1) is 12.0. The van der Waals surface area contributed by atoms with Gasteiger partial charge in [0.1, 0.15) is 17.5 Å². The van der Waals surface area contributed by atoms with Gasteiger partial charge in [0, 0.05) is 38.3 Å². The Hall–Kier alpha value is -2.30. The lowest BCUT2D eigenvalue weighted by Gasteiger charge is -2.24. The molecule has 0 amide bonds. The zero-order valence-electron chi connectivity index (χ0n) is 14.9. The monoisotopic (exact) mass is 342 g/mol. The van der Waals surface area contributed by atoms with Crippen molar-refractivity contribution in [2.24, 2.45) is 7.05 Å². The Balaban J connectivity index is 1.60. The minimum absolute atomic E-state index is 0.245. The van der Waals surface area contributed by atoms with Crippen molar-refractivity contribution < 1.29 is 4.39 Å². The molecule has 0 bridgehead atoms. The number of rotatable bonds is 5. The Kier molecular flexibility index (Phi) is 5.11. The highest BCUT2D eigenvalue weighted by Gasteiger charge is 2.27. The van der Waals surface area contributed by atoms with Crippen LogP contribution in [0.1, 0.15) is 29.2 Å². The fraction of sp³-hybridized carbons (Fsp3) is 0.500. The van der Waals surface area contributed by atoms with Gasteiger partial charge in [-0.15, -0.1) is 10.2 Å². The van der Waals surface area contributed by atoms with Crippen molar-refractivity contribution in [2.75, 3.05) is 20.1 Å². The van der Waals surface area contributed by atoms with Gasteiger partial charge in [-0.2, -0.15) is 5.26 Å². The number of nitriles is 1. The highest BCUT2D eigenvalue weighted by molar-refractivity contribution is 5.33. The number of hydrogen-bond donors (Lipinski definition) is 0. The molecule has 2 aromatic rings. The highest BCUT2D eigenvalue weighted by atomic mass is 19.1. The van der Waals surface area contributed by atoms with E-state index in [0.717, 1.165) is 37.7 Å². The van der Waals surface area contributed by atoms with E-state index in [1.165, 1.54) is 12.1 Å². The number of benzene rings is 1. The van der Waals surface area contributed by atoms with Crippen LogP contribution in [0.5, 0.6) is 0 Å². The summed E-state index contributed by atoms with van der Waals surface area (Å²) in [5.41, 5.74) is 1.09. The fourth-order valence-electron chi connectivity index (χ4n) is 3.26. The molecule has 1 saturated heterocycles. The van der Waals surface area contributed by atoms with Crippen molar-refractivity contribution >= 4 is 0 Å². The summed E-state index contributed by atoms with van der Waals surface area (Å²) < 4.78 is 16.0. The van der Waals surface area contributed by atoms with E-state index in [2.05, 4.69) is 33.1 Å². The summed E-state index contributed by atoms with van der Waals surface area (Å²) in [6, 6.07) is 7.02. The van der Waals surface area contributed by atoms with Crippen molar-refractivity contribution in [2.45, 2.75) is 32.5 Å². The topological polar surface area (TPSA) is 61.0 Å². The van der Waals surface area contributed by atoms with Crippen LogP contribution in [0.25, 0.3) is 0 Å². The predicted molar refractivity (Wildman–Crippen MR) is 92.0 cm³/mol. The second-order valence-corrected chi connectivity index (χ2v) is 6.73. The number of likely N-dealkylation sites (tertiary alicyclic amines) is 1. The SMILES string of the molecule is Cc1nnc(CN(C)[C@@H]2CCN(Cc3cc(C#N)ccc3F)C2)n1C. The largest absolute Gasteiger partial charge is 0.317 e. The molecule has 2 heterocycles. The van der Waals surface area contributed by atoms with Crippen LogP contribution < -0.4 is 0 Å². The quantitative estimate of drug-likeness (QED) is 0.830. The van der Waals surface area contributed by atoms with E-state index in [0.29, 0.717) is 23.7 Å². The molecule has 6 nitrogen and oxygen atoms in total. The van der Waals surface area contributed by atoms with Gasteiger partial charge in [-0.25, -0.2) is 4.39 Å². The van der Waals surface area contributed by atoms with Crippen LogP contribution in [0.2, 0.25) is 0 Å². The molecule has 1 aromatic heterocycles. The van der Waals surface area contributed by atoms with Crippen LogP contribution in [0.3, 0.4) is 0 Å². The van der Waals surface area contributed by atoms with Crippen LogP contribution >= 0.6 is 0 Å². The van der Waals surface area contributed by atoms with Gasteiger partial charge in [-0.3, -0.25) is 9.80 Å². The van der Waals surface area contributed by atoms with Crippen LogP contribution in [0, 0.1) is 24.1 Å². The number of aryl methyl sites for hydroxylation is 1. The molecule has 0 aliphatic carbocycles. The maximum absolute atomic E-state index is 14.0. The molecule has 25 heavy (non-hydrogen) atoms. The van der Waals surface area contributed by atoms with Gasteiger partial charge in [0.25, 0.3) is 0 Å². The Morgan fingerprint density at radius 1 is 1.40 bits per heavy atom. The smallest absolute Gasteiger partial charge is 0.146 e. The molecule has 1 aromatic carbocycles. The van der Waals surface area contributed by atoms with Gasteiger partial charge in [-0.1, -0.05) is 0 Å². The molecule has 1 aliphatic rings. The zero-order valence-corrected chi connectivity index (χ0v) is 14.9. The van der Waals surface area contributed by atoms with Gasteiger partial charge in [0.15, 0.2) is 0 Å². The number of hydrogen-bond acceptors (Lipinski definition) is 5. The molecule has 0 unspecified atom stereocenters. The van der Waals surface area contributed by atoms with Crippen LogP contribution in [0.4, 0.5) is 4.39 Å². The van der Waals surface area contributed by atoms with Crippen molar-refractivity contribution in [3.8, 4) is 6.07 Å². The van der Waals surface area contributed by atoms with Gasteiger partial charge in [-0.05, 0) is 38.6 Å². The first-order valence-corrected chi connectivity index (χ1v) is 8.44. The van der Waals surface area contributed by atoms with E-state index in [9.17, 15) is 4.39 Å². The van der Waals surface area contributed by atoms with Crippen molar-refractivity contribution in [3.05, 3.63) is 46.8 Å². The standard InChI is InChI=1S/C18H23FN6/c1-13-21-22-18(24(13)3)12-23(2)16-6-7-25(11-16)10-15-8-14(9-20)4-5-17(15)19/h4-5,8,16H,6-7,10-12H2,1-3H3/t16-/m1/s1. The maximum Gasteiger partial charge on any atom is 0.146 e. The van der Waals surface area contributed by atoms with Gasteiger partial charge < -0.3 is 4.57 Å². The number of aromatic nitrogens is 3. The molecule has 1 fully saturated rings. The van der Waals surface area contributed by atoms with E-state index in [1.54, 1.807) is 6.07 Å². The molecule has 0 spiro atoms. The van der Waals surface area contributed by atoms with Crippen LogP contribution in [-0.4, -0.2) is 50.7 Å². The molecule has 0 N–H and O–H groups in total. The minimum atomic E-state index is -0.245. The molecule has 132 valence electrons. The number of likely N-dealkylation sites (N-methyl/N-ethyl adjacent to an activating group) is 1. The molecule has 0 radical (unpaired) electrons. The molecule has 1 aliphatic heterocycles. The lowest BCUT2D eigenvalue weighted by Crippen LogP contribution is -2.34. The van der Waals surface area contributed by atoms with Crippen LogP contribution in [-0.2, 0) is 20.1 Å². The van der Waals surface area contributed by atoms with E-state index in [-0.39, 0.29) is 5.82 Å². The Labute approximate surface area is 147 Å². The van der Waals surface area contributed by atoms with E-state index in [4.69, 9.17) is 5.26 Å². The van der Waals surface area contributed by atoms with E-state index in [1.807, 2.05) is 18.5 Å². The van der Waals surface area contributed by atoms with Crippen molar-refractivity contribution in [1.29, 1.82) is 5.26 Å². The molecular formula is C18H23FN6. The number of nitrogens with zero attached hydrogens (tertiary/aromatic N) is 6. The summed E-state index contributed by atoms with van der Waals surface area (Å²) in [6.07, 6.45) is 1.03. The second kappa shape index (κ2) is 7.30. The zero-order chi connectivity index (χ0) is 18.0. The molecule has 1 atom stereocenters. The molecular weight excluding hydrogens is 319 g/mol. The molecule has 3 rings (SSSR count). The number of halogens is 1. The van der Waals surface area contributed by atoms with Gasteiger partial charge >= 0.3 is 0 Å². The summed E-state index contributed by atoms with van der Waals surface area (Å²) in [7, 11) is 4.07. The predicted octanol–water partition coefficient (Wildman–Crippen LogP) is 1.84. The first-order valence-electron chi connectivity index (χ1n) is 8.44. The lowest BCUT2D eigenvalue weighted by atomic mass is 10.1. The summed E-state index contributed by atoms with van der Waals surface area (Å²) in [5.74, 6) is 1.61. The average Bonchev–Trinajstić information content (AvgIpc) is 3.19. The van der Waals surface area contributed by atoms with E-state index < -0.39 is 0 Å². The summed E-state index contributed by atoms with van der Waals surface area (Å²) >= 11 is 0. The van der Waals surface area contributed by atoms with Crippen LogP contribution in [0.15, 0.2) is 18.2 Å². The third-order valence-corrected chi connectivity index (χ3v) is 5.01. The Bertz CT molecular complexity index is 793. The van der Waals surface area contributed by atoms with Gasteiger partial charge in [0.2, 0.25) is 0 Å². The third-order valence-electron chi connectivity index (χ3n) is 5.01. The normalized spacial score (nSPS) is 18.0. The van der Waals surface area contributed by atoms with E-state index >= 15 is 0 Å². The molecule has 7 heteroatoms. The lowest BCUT2D eigenvalue weighted by molar-refractivity contribution is 0.216. The second-order valence-electron chi connectivity index (χ2n) is 6.73. The fourth-order valence-corrected chi connectivity index (χ4v) is 3.26. The summed E-state index contributed by atoms with van der Waals surface area (Å²) in [5, 5.41) is 17.3. The first kappa shape index (κ1) is 17.5. The third kappa shape index (κ3) is 3.86. The summed E-state index contributed by atoms with van der Waals surface area (Å²) in [6.45, 7) is 5.02. The minimum Gasteiger partial charge on any atom is -0.317 e. The van der Waals surface area contributed by atoms with Crippen molar-refractivity contribution in [1.82, 2.24) is 24.6 Å². The van der Waals surface area contributed by atoms with Crippen molar-refractivity contribution in [3.63, 3.8) is 0 Å². The Morgan fingerprint density at radius 2 is 2.20 bits per heavy atom. The maximum atomic E-state index is 14.0.